The number of hydrogen-bond donors (Lipinski definition) is 1. The van der Waals surface area contributed by atoms with Gasteiger partial charge in [0.25, 0.3) is 0 Å². The van der Waals surface area contributed by atoms with Gasteiger partial charge in [-0.05, 0) is 41.7 Å². The van der Waals surface area contributed by atoms with Crippen LogP contribution in [0.15, 0.2) is 78.9 Å². The van der Waals surface area contributed by atoms with Gasteiger partial charge < -0.3 is 9.84 Å². The lowest BCUT2D eigenvalue weighted by Crippen LogP contribution is -2.15. The van der Waals surface area contributed by atoms with Crippen molar-refractivity contribution in [1.82, 2.24) is 0 Å². The van der Waals surface area contributed by atoms with Crippen LogP contribution in [0.25, 0.3) is 6.08 Å². The van der Waals surface area contributed by atoms with E-state index in [1.807, 2.05) is 60.7 Å². The van der Waals surface area contributed by atoms with E-state index in [4.69, 9.17) is 4.74 Å². The second-order valence-electron chi connectivity index (χ2n) is 6.64. The molecule has 27 heavy (non-hydrogen) atoms. The highest BCUT2D eigenvalue weighted by Gasteiger charge is 2.23. The lowest BCUT2D eigenvalue weighted by molar-refractivity contribution is 0.104. The number of carbonyl (C=O) groups excluding carboxylic acids is 1. The van der Waals surface area contributed by atoms with Crippen LogP contribution in [-0.4, -0.2) is 10.9 Å². The number of ether oxygens (including phenoxy) is 1. The smallest absolute Gasteiger partial charge is 0.189 e. The van der Waals surface area contributed by atoms with Gasteiger partial charge in [-0.15, -0.1) is 0 Å². The molecular formula is C24H20O3. The molecule has 1 atom stereocenters. The van der Waals surface area contributed by atoms with E-state index in [2.05, 4.69) is 0 Å². The van der Waals surface area contributed by atoms with Crippen molar-refractivity contribution in [2.45, 2.75) is 18.9 Å². The third-order valence-corrected chi connectivity index (χ3v) is 4.79. The second-order valence-corrected chi connectivity index (χ2v) is 6.64. The lowest BCUT2D eigenvalue weighted by atomic mass is 9.95. The zero-order chi connectivity index (χ0) is 18.6. The Morgan fingerprint density at radius 3 is 2.44 bits per heavy atom. The van der Waals surface area contributed by atoms with Gasteiger partial charge in [0.2, 0.25) is 0 Å². The van der Waals surface area contributed by atoms with E-state index >= 15 is 0 Å². The van der Waals surface area contributed by atoms with Crippen molar-refractivity contribution in [3.63, 3.8) is 0 Å². The summed E-state index contributed by atoms with van der Waals surface area (Å²) in [5.41, 5.74) is 3.32. The number of rotatable bonds is 4. The number of aromatic hydroxyl groups is 1. The summed E-state index contributed by atoms with van der Waals surface area (Å²) in [6.45, 7) is 0. The highest BCUT2D eigenvalue weighted by Crippen LogP contribution is 2.38. The van der Waals surface area contributed by atoms with Crippen molar-refractivity contribution in [3.05, 3.63) is 101 Å². The summed E-state index contributed by atoms with van der Waals surface area (Å²) in [5.74, 6) is 0.380. The highest BCUT2D eigenvalue weighted by atomic mass is 16.5. The molecule has 134 valence electrons. The number of hydrogen-bond acceptors (Lipinski definition) is 3. The molecule has 1 aliphatic heterocycles. The van der Waals surface area contributed by atoms with E-state index in [1.165, 1.54) is 6.08 Å². The van der Waals surface area contributed by atoms with E-state index in [0.29, 0.717) is 11.3 Å². The van der Waals surface area contributed by atoms with Gasteiger partial charge in [-0.2, -0.15) is 0 Å². The topological polar surface area (TPSA) is 46.5 Å². The van der Waals surface area contributed by atoms with Crippen molar-refractivity contribution in [3.8, 4) is 11.5 Å². The number of phenols is 1. The van der Waals surface area contributed by atoms with Gasteiger partial charge in [0.1, 0.15) is 17.6 Å². The fourth-order valence-corrected chi connectivity index (χ4v) is 3.34. The molecule has 0 aromatic heterocycles. The Hall–Kier alpha value is -3.33. The average Bonchev–Trinajstić information content (AvgIpc) is 2.72. The Morgan fingerprint density at radius 1 is 1.00 bits per heavy atom. The van der Waals surface area contributed by atoms with Gasteiger partial charge >= 0.3 is 0 Å². The summed E-state index contributed by atoms with van der Waals surface area (Å²) in [5, 5.41) is 10.4. The first-order chi connectivity index (χ1) is 13.2. The lowest BCUT2D eigenvalue weighted by Gasteiger charge is -2.27. The van der Waals surface area contributed by atoms with Crippen LogP contribution in [0.4, 0.5) is 0 Å². The van der Waals surface area contributed by atoms with Crippen molar-refractivity contribution in [2.24, 2.45) is 0 Å². The molecule has 1 heterocycles. The summed E-state index contributed by atoms with van der Waals surface area (Å²) in [7, 11) is 0. The van der Waals surface area contributed by atoms with Crippen LogP contribution in [-0.2, 0) is 6.42 Å². The molecule has 3 heteroatoms. The van der Waals surface area contributed by atoms with E-state index in [1.54, 1.807) is 18.2 Å². The fraction of sp³-hybridized carbons (Fsp3) is 0.125. The maximum atomic E-state index is 12.5. The van der Waals surface area contributed by atoms with Crippen molar-refractivity contribution >= 4 is 11.9 Å². The van der Waals surface area contributed by atoms with Crippen LogP contribution in [0.1, 0.15) is 39.6 Å². The predicted molar refractivity (Wildman–Crippen MR) is 106 cm³/mol. The molecule has 4 rings (SSSR count). The molecule has 0 saturated carbocycles. The third kappa shape index (κ3) is 3.77. The molecule has 3 aromatic rings. The Kier molecular flexibility index (Phi) is 4.75. The number of phenolic OH excluding ortho intramolecular Hbond substituents is 1. The standard InChI is InChI=1S/C24H20O3/c25-21(13-11-17-7-3-1-4-8-17)20-15-19-12-14-23(18-9-5-2-6-10-18)27-24(19)16-22(20)26/h1-11,13,15-16,23,26H,12,14H2/b13-11+/t23-/m1/s1. The average molecular weight is 356 g/mol. The molecule has 3 nitrogen and oxygen atoms in total. The molecular weight excluding hydrogens is 336 g/mol. The Balaban J connectivity index is 1.56. The first-order valence-corrected chi connectivity index (χ1v) is 9.05. The van der Waals surface area contributed by atoms with E-state index in [0.717, 1.165) is 29.5 Å². The molecule has 1 N–H and O–H groups in total. The highest BCUT2D eigenvalue weighted by molar-refractivity contribution is 6.08. The quantitative estimate of drug-likeness (QED) is 0.506. The van der Waals surface area contributed by atoms with Crippen LogP contribution >= 0.6 is 0 Å². The number of carbonyl (C=O) groups is 1. The summed E-state index contributed by atoms with van der Waals surface area (Å²) >= 11 is 0. The minimum atomic E-state index is -0.218. The summed E-state index contributed by atoms with van der Waals surface area (Å²) in [6, 6.07) is 23.0. The number of aryl methyl sites for hydroxylation is 1. The van der Waals surface area contributed by atoms with Crippen molar-refractivity contribution in [2.75, 3.05) is 0 Å². The number of ketones is 1. The second kappa shape index (κ2) is 7.50. The molecule has 3 aromatic carbocycles. The van der Waals surface area contributed by atoms with Crippen LogP contribution in [0, 0.1) is 0 Å². The van der Waals surface area contributed by atoms with E-state index in [-0.39, 0.29) is 17.6 Å². The summed E-state index contributed by atoms with van der Waals surface area (Å²) < 4.78 is 6.07. The molecule has 0 fully saturated rings. The van der Waals surface area contributed by atoms with Crippen molar-refractivity contribution in [1.29, 1.82) is 0 Å². The molecule has 0 unspecified atom stereocenters. The van der Waals surface area contributed by atoms with Gasteiger partial charge in [-0.1, -0.05) is 66.7 Å². The summed E-state index contributed by atoms with van der Waals surface area (Å²) in [6.07, 6.45) is 4.86. The van der Waals surface area contributed by atoms with E-state index in [9.17, 15) is 9.90 Å². The van der Waals surface area contributed by atoms with Crippen molar-refractivity contribution < 1.29 is 14.6 Å². The van der Waals surface area contributed by atoms with Gasteiger partial charge in [0.15, 0.2) is 5.78 Å². The van der Waals surface area contributed by atoms with Crippen LogP contribution in [0.3, 0.4) is 0 Å². The van der Waals surface area contributed by atoms with E-state index < -0.39 is 0 Å². The van der Waals surface area contributed by atoms with Gasteiger partial charge in [-0.25, -0.2) is 0 Å². The molecule has 0 bridgehead atoms. The monoisotopic (exact) mass is 356 g/mol. The predicted octanol–water partition coefficient (Wildman–Crippen LogP) is 5.35. The van der Waals surface area contributed by atoms with Gasteiger partial charge in [-0.3, -0.25) is 4.79 Å². The minimum Gasteiger partial charge on any atom is -0.507 e. The normalized spacial score (nSPS) is 15.9. The maximum Gasteiger partial charge on any atom is 0.189 e. The van der Waals surface area contributed by atoms with Crippen LogP contribution in [0.5, 0.6) is 11.5 Å². The van der Waals surface area contributed by atoms with Gasteiger partial charge in [0, 0.05) is 6.07 Å². The Labute approximate surface area is 158 Å². The molecule has 0 radical (unpaired) electrons. The van der Waals surface area contributed by atoms with Crippen LogP contribution < -0.4 is 4.74 Å². The molecule has 0 amide bonds. The summed E-state index contributed by atoms with van der Waals surface area (Å²) in [4.78, 5) is 12.5. The maximum absolute atomic E-state index is 12.5. The zero-order valence-corrected chi connectivity index (χ0v) is 14.8. The Morgan fingerprint density at radius 2 is 1.70 bits per heavy atom. The molecule has 0 saturated heterocycles. The van der Waals surface area contributed by atoms with Crippen LogP contribution in [0.2, 0.25) is 0 Å². The Bertz CT molecular complexity index is 975. The molecule has 0 spiro atoms. The minimum absolute atomic E-state index is 0.0300. The fourth-order valence-electron chi connectivity index (χ4n) is 3.34. The number of benzene rings is 3. The largest absolute Gasteiger partial charge is 0.507 e. The third-order valence-electron chi connectivity index (χ3n) is 4.79. The molecule has 0 aliphatic carbocycles. The first kappa shape index (κ1) is 17.1. The molecule has 1 aliphatic rings. The zero-order valence-electron chi connectivity index (χ0n) is 14.8. The SMILES string of the molecule is O=C(/C=C/c1ccccc1)c1cc2c(cc1O)O[C@@H](c1ccccc1)CC2. The number of fused-ring (bicyclic) bond motifs is 1. The number of allylic oxidation sites excluding steroid dienone is 1. The first-order valence-electron chi connectivity index (χ1n) is 9.05. The van der Waals surface area contributed by atoms with Gasteiger partial charge in [0.05, 0.1) is 5.56 Å².